The smallest absolute Gasteiger partial charge is 0.306 e. The van der Waals surface area contributed by atoms with Gasteiger partial charge >= 0.3 is 5.97 Å². The highest BCUT2D eigenvalue weighted by molar-refractivity contribution is 5.70. The van der Waals surface area contributed by atoms with Crippen molar-refractivity contribution in [1.29, 1.82) is 0 Å². The van der Waals surface area contributed by atoms with E-state index in [4.69, 9.17) is 19.3 Å². The Morgan fingerprint density at radius 2 is 1.65 bits per heavy atom. The summed E-state index contributed by atoms with van der Waals surface area (Å²) in [6.45, 7) is 17.8. The summed E-state index contributed by atoms with van der Waals surface area (Å²) in [5.41, 5.74) is -0.692. The molecule has 2 N–H and O–H groups in total. The molecule has 0 aliphatic carbocycles. The lowest BCUT2D eigenvalue weighted by atomic mass is 9.84. The quantitative estimate of drug-likeness (QED) is 0.359. The van der Waals surface area contributed by atoms with Crippen LogP contribution in [0.1, 0.15) is 61.3 Å². The normalized spacial score (nSPS) is 14.9. The Labute approximate surface area is 160 Å². The summed E-state index contributed by atoms with van der Waals surface area (Å²) in [6, 6.07) is 0. The first-order valence-electron chi connectivity index (χ1n) is 9.62. The average Bonchev–Trinajstić information content (AvgIpc) is 2.48. The fourth-order valence-corrected chi connectivity index (χ4v) is 2.37. The van der Waals surface area contributed by atoms with Crippen molar-refractivity contribution in [2.45, 2.75) is 66.9 Å². The van der Waals surface area contributed by atoms with Gasteiger partial charge in [0.05, 0.1) is 39.5 Å². The predicted octanol–water partition coefficient (Wildman–Crippen LogP) is 2.78. The van der Waals surface area contributed by atoms with E-state index >= 15 is 0 Å². The van der Waals surface area contributed by atoms with Gasteiger partial charge in [0.15, 0.2) is 0 Å². The van der Waals surface area contributed by atoms with E-state index in [1.165, 1.54) is 0 Å². The van der Waals surface area contributed by atoms with E-state index in [2.05, 4.69) is 33.0 Å². The highest BCUT2D eigenvalue weighted by atomic mass is 16.6. The standard InChI is InChI=1S/C20H41NO5/c1-8-20(7,13-17(23)26-18(2,3)4)16-25-15-19(5,6)14-21-9-11-24-12-10-22/h21-22H,8-16H2,1-7H3. The number of nitrogens with one attached hydrogen (secondary N) is 1. The Kier molecular flexibility index (Phi) is 11.6. The molecule has 0 amide bonds. The van der Waals surface area contributed by atoms with E-state index < -0.39 is 5.60 Å². The van der Waals surface area contributed by atoms with Crippen molar-refractivity contribution >= 4 is 5.97 Å². The van der Waals surface area contributed by atoms with Gasteiger partial charge < -0.3 is 24.6 Å². The fourth-order valence-electron chi connectivity index (χ4n) is 2.37. The molecule has 0 spiro atoms. The lowest BCUT2D eigenvalue weighted by molar-refractivity contribution is -0.158. The first-order chi connectivity index (χ1) is 11.9. The third-order valence-electron chi connectivity index (χ3n) is 4.05. The molecule has 0 saturated carbocycles. The van der Waals surface area contributed by atoms with Gasteiger partial charge in [0.1, 0.15) is 5.60 Å². The molecule has 1 unspecified atom stereocenters. The highest BCUT2D eigenvalue weighted by Crippen LogP contribution is 2.28. The van der Waals surface area contributed by atoms with Crippen LogP contribution in [0.2, 0.25) is 0 Å². The van der Waals surface area contributed by atoms with Crippen LogP contribution in [0.15, 0.2) is 0 Å². The molecule has 156 valence electrons. The van der Waals surface area contributed by atoms with Crippen molar-refractivity contribution in [3.63, 3.8) is 0 Å². The number of esters is 1. The van der Waals surface area contributed by atoms with Crippen molar-refractivity contribution in [3.05, 3.63) is 0 Å². The van der Waals surface area contributed by atoms with Crippen molar-refractivity contribution in [3.8, 4) is 0 Å². The summed E-state index contributed by atoms with van der Waals surface area (Å²) in [7, 11) is 0. The molecule has 0 fully saturated rings. The molecular weight excluding hydrogens is 334 g/mol. The SMILES string of the molecule is CCC(C)(COCC(C)(C)CNCCOCCO)CC(=O)OC(C)(C)C. The van der Waals surface area contributed by atoms with E-state index in [0.29, 0.717) is 32.8 Å². The van der Waals surface area contributed by atoms with E-state index in [1.54, 1.807) is 0 Å². The molecule has 0 saturated heterocycles. The van der Waals surface area contributed by atoms with Crippen molar-refractivity contribution in [1.82, 2.24) is 5.32 Å². The first kappa shape index (κ1) is 25.3. The second-order valence-corrected chi connectivity index (χ2v) is 9.10. The topological polar surface area (TPSA) is 77.0 Å². The minimum Gasteiger partial charge on any atom is -0.460 e. The Morgan fingerprint density at radius 3 is 2.19 bits per heavy atom. The van der Waals surface area contributed by atoms with Gasteiger partial charge in [-0.3, -0.25) is 4.79 Å². The molecule has 0 aromatic heterocycles. The van der Waals surface area contributed by atoms with Crippen molar-refractivity contribution < 1.29 is 24.1 Å². The zero-order chi connectivity index (χ0) is 20.3. The first-order valence-corrected chi connectivity index (χ1v) is 9.62. The Bertz CT molecular complexity index is 392. The van der Waals surface area contributed by atoms with Crippen LogP contribution in [0.3, 0.4) is 0 Å². The third kappa shape index (κ3) is 13.5. The van der Waals surface area contributed by atoms with Crippen LogP contribution >= 0.6 is 0 Å². The number of hydrogen-bond donors (Lipinski definition) is 2. The average molecular weight is 376 g/mol. The summed E-state index contributed by atoms with van der Waals surface area (Å²) >= 11 is 0. The van der Waals surface area contributed by atoms with Gasteiger partial charge in [0.25, 0.3) is 0 Å². The molecule has 0 rings (SSSR count). The maximum absolute atomic E-state index is 12.1. The molecule has 0 radical (unpaired) electrons. The lowest BCUT2D eigenvalue weighted by Gasteiger charge is -2.31. The maximum Gasteiger partial charge on any atom is 0.306 e. The second kappa shape index (κ2) is 11.9. The summed E-state index contributed by atoms with van der Waals surface area (Å²) in [5.74, 6) is -0.172. The minimum absolute atomic E-state index is 0.0163. The molecule has 0 aliphatic heterocycles. The van der Waals surface area contributed by atoms with Crippen LogP contribution in [-0.4, -0.2) is 62.8 Å². The summed E-state index contributed by atoms with van der Waals surface area (Å²) in [4.78, 5) is 12.1. The molecule has 26 heavy (non-hydrogen) atoms. The van der Waals surface area contributed by atoms with E-state index in [0.717, 1.165) is 19.5 Å². The molecule has 6 heteroatoms. The monoisotopic (exact) mass is 375 g/mol. The van der Waals surface area contributed by atoms with Crippen LogP contribution in [0.25, 0.3) is 0 Å². The van der Waals surface area contributed by atoms with Crippen LogP contribution in [-0.2, 0) is 19.0 Å². The van der Waals surface area contributed by atoms with E-state index in [-0.39, 0.29) is 23.4 Å². The van der Waals surface area contributed by atoms with Gasteiger partial charge in [-0.25, -0.2) is 0 Å². The van der Waals surface area contributed by atoms with Gasteiger partial charge in [-0.2, -0.15) is 0 Å². The number of ether oxygens (including phenoxy) is 3. The molecular formula is C20H41NO5. The van der Waals surface area contributed by atoms with E-state index in [9.17, 15) is 4.79 Å². The number of aliphatic hydroxyl groups excluding tert-OH is 1. The van der Waals surface area contributed by atoms with Gasteiger partial charge in [0.2, 0.25) is 0 Å². The molecule has 0 aliphatic rings. The van der Waals surface area contributed by atoms with E-state index in [1.807, 2.05) is 20.8 Å². The molecule has 0 heterocycles. The maximum atomic E-state index is 12.1. The second-order valence-electron chi connectivity index (χ2n) is 9.10. The Morgan fingerprint density at radius 1 is 1.00 bits per heavy atom. The van der Waals surface area contributed by atoms with Gasteiger partial charge in [0, 0.05) is 23.9 Å². The summed E-state index contributed by atoms with van der Waals surface area (Å²) < 4.78 is 16.6. The molecule has 0 aromatic carbocycles. The summed E-state index contributed by atoms with van der Waals surface area (Å²) in [6.07, 6.45) is 1.22. The molecule has 1 atom stereocenters. The molecule has 6 nitrogen and oxygen atoms in total. The highest BCUT2D eigenvalue weighted by Gasteiger charge is 2.30. The summed E-state index contributed by atoms with van der Waals surface area (Å²) in [5, 5.41) is 12.0. The van der Waals surface area contributed by atoms with Crippen LogP contribution in [0.5, 0.6) is 0 Å². The molecule has 0 bridgehead atoms. The van der Waals surface area contributed by atoms with Crippen LogP contribution in [0, 0.1) is 10.8 Å². The molecule has 0 aromatic rings. The lowest BCUT2D eigenvalue weighted by Crippen LogP contribution is -2.37. The Hall–Kier alpha value is -0.690. The number of aliphatic hydroxyl groups is 1. The number of rotatable bonds is 14. The Balaban J connectivity index is 4.19. The van der Waals surface area contributed by atoms with Gasteiger partial charge in [-0.05, 0) is 27.2 Å². The van der Waals surface area contributed by atoms with Crippen molar-refractivity contribution in [2.24, 2.45) is 10.8 Å². The predicted molar refractivity (Wildman–Crippen MR) is 104 cm³/mol. The van der Waals surface area contributed by atoms with Gasteiger partial charge in [-0.15, -0.1) is 0 Å². The fraction of sp³-hybridized carbons (Fsp3) is 0.950. The zero-order valence-corrected chi connectivity index (χ0v) is 17.9. The van der Waals surface area contributed by atoms with Crippen LogP contribution < -0.4 is 5.32 Å². The number of hydrogen-bond acceptors (Lipinski definition) is 6. The minimum atomic E-state index is -0.457. The van der Waals surface area contributed by atoms with Crippen molar-refractivity contribution in [2.75, 3.05) is 46.1 Å². The van der Waals surface area contributed by atoms with Gasteiger partial charge in [-0.1, -0.05) is 27.7 Å². The third-order valence-corrected chi connectivity index (χ3v) is 4.05. The number of carbonyl (C=O) groups excluding carboxylic acids is 1. The zero-order valence-electron chi connectivity index (χ0n) is 17.9. The van der Waals surface area contributed by atoms with Crippen LogP contribution in [0.4, 0.5) is 0 Å². The number of carbonyl (C=O) groups is 1. The largest absolute Gasteiger partial charge is 0.460 e.